The van der Waals surface area contributed by atoms with Crippen LogP contribution in [-0.4, -0.2) is 45.4 Å². The molecular formula is C27H38N6O3S. The van der Waals surface area contributed by atoms with Gasteiger partial charge >= 0.3 is 0 Å². The molecule has 0 spiro atoms. The summed E-state index contributed by atoms with van der Waals surface area (Å²) >= 11 is 1.45. The lowest BCUT2D eigenvalue weighted by molar-refractivity contribution is -0.109. The van der Waals surface area contributed by atoms with Crippen molar-refractivity contribution in [3.63, 3.8) is 0 Å². The third kappa shape index (κ3) is 8.54. The molecule has 0 unspecified atom stereocenters. The summed E-state index contributed by atoms with van der Waals surface area (Å²) in [6.45, 7) is 9.20. The number of pyridine rings is 1. The number of aliphatic hydroxyl groups is 1. The molecule has 0 saturated heterocycles. The summed E-state index contributed by atoms with van der Waals surface area (Å²) in [4.78, 5) is 30.7. The van der Waals surface area contributed by atoms with Crippen molar-refractivity contribution in [1.82, 2.24) is 25.0 Å². The number of imidazole rings is 1. The quantitative estimate of drug-likeness (QED) is 0.255. The zero-order chi connectivity index (χ0) is 27.4. The lowest BCUT2D eigenvalue weighted by atomic mass is 10.1. The number of rotatable bonds is 8. The Morgan fingerprint density at radius 1 is 1.27 bits per heavy atom. The third-order valence-electron chi connectivity index (χ3n) is 5.55. The SMILES string of the molecule is CC(C)CCCO.CCc1nc2c(C(=O)NCc3ccc4nc(N)sc4c3)cccn2c1C.CNC=O. The van der Waals surface area contributed by atoms with Crippen LogP contribution >= 0.6 is 11.3 Å². The van der Waals surface area contributed by atoms with E-state index in [1.165, 1.54) is 11.3 Å². The zero-order valence-corrected chi connectivity index (χ0v) is 23.1. The van der Waals surface area contributed by atoms with Crippen molar-refractivity contribution in [2.45, 2.75) is 53.5 Å². The second-order valence-corrected chi connectivity index (χ2v) is 9.88. The van der Waals surface area contributed by atoms with E-state index in [0.717, 1.165) is 52.3 Å². The lowest BCUT2D eigenvalue weighted by Gasteiger charge is -2.07. The van der Waals surface area contributed by atoms with Crippen LogP contribution in [0.3, 0.4) is 0 Å². The summed E-state index contributed by atoms with van der Waals surface area (Å²) in [7, 11) is 1.56. The minimum atomic E-state index is -0.132. The van der Waals surface area contributed by atoms with Crippen LogP contribution < -0.4 is 16.4 Å². The van der Waals surface area contributed by atoms with E-state index in [1.54, 1.807) is 7.05 Å². The van der Waals surface area contributed by atoms with E-state index >= 15 is 0 Å². The normalized spacial score (nSPS) is 10.5. The van der Waals surface area contributed by atoms with Gasteiger partial charge in [-0.05, 0) is 61.9 Å². The Morgan fingerprint density at radius 3 is 2.59 bits per heavy atom. The van der Waals surface area contributed by atoms with Gasteiger partial charge in [0.2, 0.25) is 6.41 Å². The Kier molecular flexibility index (Phi) is 12.0. The molecule has 3 heterocycles. The fourth-order valence-electron chi connectivity index (χ4n) is 3.62. The molecule has 5 N–H and O–H groups in total. The van der Waals surface area contributed by atoms with E-state index < -0.39 is 0 Å². The Hall–Kier alpha value is -3.50. The average Bonchev–Trinajstić information content (AvgIpc) is 3.44. The number of aliphatic hydroxyl groups excluding tert-OH is 1. The summed E-state index contributed by atoms with van der Waals surface area (Å²) in [5, 5.41) is 14.1. The van der Waals surface area contributed by atoms with Gasteiger partial charge in [0.25, 0.3) is 5.91 Å². The number of benzene rings is 1. The van der Waals surface area contributed by atoms with Crippen LogP contribution in [0.25, 0.3) is 15.9 Å². The van der Waals surface area contributed by atoms with Gasteiger partial charge in [-0.2, -0.15) is 0 Å². The minimum absolute atomic E-state index is 0.132. The fraction of sp³-hybridized carbons (Fsp3) is 0.407. The summed E-state index contributed by atoms with van der Waals surface area (Å²) < 4.78 is 2.99. The smallest absolute Gasteiger partial charge is 0.255 e. The van der Waals surface area contributed by atoms with Gasteiger partial charge in [-0.15, -0.1) is 0 Å². The molecule has 0 radical (unpaired) electrons. The average molecular weight is 527 g/mol. The van der Waals surface area contributed by atoms with Gasteiger partial charge in [0, 0.05) is 32.1 Å². The monoisotopic (exact) mass is 526 g/mol. The molecule has 9 nitrogen and oxygen atoms in total. The molecule has 0 aliphatic rings. The molecule has 0 bridgehead atoms. The summed E-state index contributed by atoms with van der Waals surface area (Å²) in [6, 6.07) is 9.58. The molecule has 0 aliphatic heterocycles. The first-order chi connectivity index (χ1) is 17.7. The number of carbonyl (C=O) groups excluding carboxylic acids is 2. The predicted molar refractivity (Wildman–Crippen MR) is 151 cm³/mol. The number of anilines is 1. The van der Waals surface area contributed by atoms with E-state index in [0.29, 0.717) is 35.9 Å². The molecule has 10 heteroatoms. The molecule has 4 rings (SSSR count). The zero-order valence-electron chi connectivity index (χ0n) is 22.2. The van der Waals surface area contributed by atoms with E-state index in [1.807, 2.05) is 47.9 Å². The van der Waals surface area contributed by atoms with Crippen molar-refractivity contribution in [3.05, 3.63) is 59.0 Å². The van der Waals surface area contributed by atoms with Crippen molar-refractivity contribution in [1.29, 1.82) is 0 Å². The highest BCUT2D eigenvalue weighted by atomic mass is 32.1. The number of fused-ring (bicyclic) bond motifs is 2. The van der Waals surface area contributed by atoms with Gasteiger partial charge in [-0.3, -0.25) is 9.59 Å². The molecule has 0 saturated carbocycles. The van der Waals surface area contributed by atoms with E-state index in [4.69, 9.17) is 15.6 Å². The van der Waals surface area contributed by atoms with E-state index in [2.05, 4.69) is 41.4 Å². The van der Waals surface area contributed by atoms with Crippen molar-refractivity contribution in [3.8, 4) is 0 Å². The number of nitrogens with one attached hydrogen (secondary N) is 2. The first-order valence-corrected chi connectivity index (χ1v) is 13.2. The molecule has 3 aromatic heterocycles. The predicted octanol–water partition coefficient (Wildman–Crippen LogP) is 4.10. The number of hydrogen-bond acceptors (Lipinski definition) is 7. The third-order valence-corrected chi connectivity index (χ3v) is 6.39. The summed E-state index contributed by atoms with van der Waals surface area (Å²) in [5.74, 6) is 0.610. The Labute approximate surface area is 222 Å². The molecule has 200 valence electrons. The number of hydrogen-bond donors (Lipinski definition) is 4. The number of amides is 2. The van der Waals surface area contributed by atoms with Crippen molar-refractivity contribution >= 4 is 44.6 Å². The first-order valence-electron chi connectivity index (χ1n) is 12.4. The largest absolute Gasteiger partial charge is 0.396 e. The van der Waals surface area contributed by atoms with Crippen LogP contribution in [0.4, 0.5) is 5.13 Å². The maximum absolute atomic E-state index is 12.7. The van der Waals surface area contributed by atoms with Crippen molar-refractivity contribution in [2.24, 2.45) is 5.92 Å². The Morgan fingerprint density at radius 2 is 2.00 bits per heavy atom. The standard InChI is InChI=1S/C19H19N5OS.C6H14O.C2H5NO/c1-3-14-11(2)24-8-4-5-13(17(24)22-14)18(25)21-10-12-6-7-15-16(9-12)26-19(20)23-15;1-6(2)4-3-5-7;1-3-2-4/h4-9H,3,10H2,1-2H3,(H2,20,23)(H,21,25);6-7H,3-5H2,1-2H3;2H,1H3,(H,3,4). The van der Waals surface area contributed by atoms with Crippen molar-refractivity contribution in [2.75, 3.05) is 19.4 Å². The van der Waals surface area contributed by atoms with Crippen molar-refractivity contribution < 1.29 is 14.7 Å². The number of thiazole rings is 1. The second-order valence-electron chi connectivity index (χ2n) is 8.82. The van der Waals surface area contributed by atoms with Gasteiger partial charge in [-0.1, -0.05) is 38.2 Å². The molecule has 1 aromatic carbocycles. The van der Waals surface area contributed by atoms with Gasteiger partial charge in [0.1, 0.15) is 5.65 Å². The van der Waals surface area contributed by atoms with Gasteiger partial charge < -0.3 is 25.9 Å². The number of nitrogens with zero attached hydrogens (tertiary/aromatic N) is 3. The van der Waals surface area contributed by atoms with E-state index in [-0.39, 0.29) is 5.91 Å². The van der Waals surface area contributed by atoms with Gasteiger partial charge in [-0.25, -0.2) is 9.97 Å². The lowest BCUT2D eigenvalue weighted by Crippen LogP contribution is -2.23. The number of aryl methyl sites for hydroxylation is 2. The van der Waals surface area contributed by atoms with Crippen LogP contribution in [0.1, 0.15) is 60.9 Å². The molecule has 0 aliphatic carbocycles. The minimum Gasteiger partial charge on any atom is -0.396 e. The second kappa shape index (κ2) is 14.9. The molecule has 0 atom stereocenters. The molecule has 37 heavy (non-hydrogen) atoms. The topological polar surface area (TPSA) is 135 Å². The van der Waals surface area contributed by atoms with Crippen LogP contribution in [0.15, 0.2) is 36.5 Å². The number of nitrogen functional groups attached to an aromatic ring is 1. The van der Waals surface area contributed by atoms with Crippen LogP contribution in [0.2, 0.25) is 0 Å². The highest BCUT2D eigenvalue weighted by Crippen LogP contribution is 2.24. The first kappa shape index (κ1) is 29.7. The molecule has 2 amide bonds. The Bertz CT molecular complexity index is 1300. The fourth-order valence-corrected chi connectivity index (χ4v) is 4.42. The highest BCUT2D eigenvalue weighted by molar-refractivity contribution is 7.22. The Balaban J connectivity index is 0.000000371. The maximum Gasteiger partial charge on any atom is 0.255 e. The number of aromatic nitrogens is 3. The maximum atomic E-state index is 12.7. The number of carbonyl (C=O) groups is 2. The summed E-state index contributed by atoms with van der Waals surface area (Å²) in [5.41, 5.74) is 11.0. The van der Waals surface area contributed by atoms with Gasteiger partial charge in [0.05, 0.1) is 21.5 Å². The van der Waals surface area contributed by atoms with Crippen LogP contribution in [0, 0.1) is 12.8 Å². The molecular weight excluding hydrogens is 488 g/mol. The number of nitrogens with two attached hydrogens (primary N) is 1. The van der Waals surface area contributed by atoms with Gasteiger partial charge in [0.15, 0.2) is 5.13 Å². The van der Waals surface area contributed by atoms with Crippen LogP contribution in [-0.2, 0) is 17.8 Å². The summed E-state index contributed by atoms with van der Waals surface area (Å²) in [6.07, 6.45) is 5.51. The molecule has 0 fully saturated rings. The highest BCUT2D eigenvalue weighted by Gasteiger charge is 2.15. The molecule has 4 aromatic rings. The van der Waals surface area contributed by atoms with Crippen LogP contribution in [0.5, 0.6) is 0 Å². The van der Waals surface area contributed by atoms with E-state index in [9.17, 15) is 4.79 Å².